The third-order valence-electron chi connectivity index (χ3n) is 2.20. The van der Waals surface area contributed by atoms with E-state index in [1.54, 1.807) is 0 Å². The van der Waals surface area contributed by atoms with E-state index in [1.165, 1.54) is 6.08 Å². The molecule has 2 nitrogen and oxygen atoms in total. The Hall–Kier alpha value is -1.57. The topological polar surface area (TPSA) is 26.3 Å². The second kappa shape index (κ2) is 7.69. The Morgan fingerprint density at radius 1 is 1.31 bits per heavy atom. The molecule has 0 aliphatic heterocycles. The SMILES string of the molecule is CCCC/C=C/C(=O)OCc1ccccc1. The summed E-state index contributed by atoms with van der Waals surface area (Å²) in [4.78, 5) is 11.3. The summed E-state index contributed by atoms with van der Waals surface area (Å²) in [5, 5.41) is 0. The van der Waals surface area contributed by atoms with Crippen LogP contribution >= 0.6 is 0 Å². The van der Waals surface area contributed by atoms with Gasteiger partial charge in [0, 0.05) is 6.08 Å². The fraction of sp³-hybridized carbons (Fsp3) is 0.357. The molecule has 1 aromatic rings. The average Bonchev–Trinajstić information content (AvgIpc) is 2.33. The minimum atomic E-state index is -0.264. The van der Waals surface area contributed by atoms with Gasteiger partial charge in [-0.2, -0.15) is 0 Å². The highest BCUT2D eigenvalue weighted by atomic mass is 16.5. The van der Waals surface area contributed by atoms with E-state index in [0.717, 1.165) is 24.8 Å². The zero-order chi connectivity index (χ0) is 11.6. The molecule has 0 fully saturated rings. The highest BCUT2D eigenvalue weighted by Crippen LogP contribution is 2.01. The zero-order valence-electron chi connectivity index (χ0n) is 9.69. The van der Waals surface area contributed by atoms with Crippen LogP contribution in [-0.4, -0.2) is 5.97 Å². The number of unbranched alkanes of at least 4 members (excludes halogenated alkanes) is 2. The van der Waals surface area contributed by atoms with E-state index < -0.39 is 0 Å². The van der Waals surface area contributed by atoms with Gasteiger partial charge in [0.2, 0.25) is 0 Å². The molecule has 0 aromatic heterocycles. The predicted octanol–water partition coefficient (Wildman–Crippen LogP) is 3.48. The predicted molar refractivity (Wildman–Crippen MR) is 64.9 cm³/mol. The number of benzene rings is 1. The molecule has 0 spiro atoms. The third kappa shape index (κ3) is 5.35. The summed E-state index contributed by atoms with van der Waals surface area (Å²) in [7, 11) is 0. The molecule has 0 N–H and O–H groups in total. The fourth-order valence-electron chi connectivity index (χ4n) is 1.28. The molecule has 0 saturated heterocycles. The van der Waals surface area contributed by atoms with Crippen molar-refractivity contribution in [3.05, 3.63) is 48.0 Å². The molecule has 1 rings (SSSR count). The maximum atomic E-state index is 11.3. The van der Waals surface area contributed by atoms with Gasteiger partial charge in [0.25, 0.3) is 0 Å². The van der Waals surface area contributed by atoms with Gasteiger partial charge in [0.05, 0.1) is 0 Å². The smallest absolute Gasteiger partial charge is 0.330 e. The van der Waals surface area contributed by atoms with Crippen molar-refractivity contribution < 1.29 is 9.53 Å². The van der Waals surface area contributed by atoms with Crippen molar-refractivity contribution in [3.63, 3.8) is 0 Å². The highest BCUT2D eigenvalue weighted by molar-refractivity contribution is 5.81. The van der Waals surface area contributed by atoms with Gasteiger partial charge in [0.15, 0.2) is 0 Å². The molecule has 0 aliphatic carbocycles. The Kier molecular flexibility index (Phi) is 6.00. The van der Waals surface area contributed by atoms with Gasteiger partial charge in [-0.15, -0.1) is 0 Å². The molecule has 2 heteroatoms. The minimum Gasteiger partial charge on any atom is -0.458 e. The van der Waals surface area contributed by atoms with Crippen LogP contribution in [0.15, 0.2) is 42.5 Å². The monoisotopic (exact) mass is 218 g/mol. The van der Waals surface area contributed by atoms with Crippen molar-refractivity contribution in [3.8, 4) is 0 Å². The largest absolute Gasteiger partial charge is 0.458 e. The van der Waals surface area contributed by atoms with Crippen LogP contribution < -0.4 is 0 Å². The van der Waals surface area contributed by atoms with Gasteiger partial charge >= 0.3 is 5.97 Å². The van der Waals surface area contributed by atoms with Crippen molar-refractivity contribution in [2.75, 3.05) is 0 Å². The first-order valence-corrected chi connectivity index (χ1v) is 5.70. The average molecular weight is 218 g/mol. The van der Waals surface area contributed by atoms with Crippen molar-refractivity contribution in [1.29, 1.82) is 0 Å². The Bertz CT molecular complexity index is 328. The lowest BCUT2D eigenvalue weighted by molar-refractivity contribution is -0.139. The first-order valence-electron chi connectivity index (χ1n) is 5.70. The summed E-state index contributed by atoms with van der Waals surface area (Å²) in [6.45, 7) is 2.47. The van der Waals surface area contributed by atoms with Crippen LogP contribution in [0.2, 0.25) is 0 Å². The summed E-state index contributed by atoms with van der Waals surface area (Å²) in [5.41, 5.74) is 1.01. The summed E-state index contributed by atoms with van der Waals surface area (Å²) in [6.07, 6.45) is 6.58. The molecule has 0 heterocycles. The molecule has 0 atom stereocenters. The number of allylic oxidation sites excluding steroid dienone is 1. The number of carbonyl (C=O) groups is 1. The number of esters is 1. The summed E-state index contributed by atoms with van der Waals surface area (Å²) >= 11 is 0. The Balaban J connectivity index is 2.23. The number of hydrogen-bond acceptors (Lipinski definition) is 2. The Labute approximate surface area is 96.9 Å². The van der Waals surface area contributed by atoms with E-state index in [9.17, 15) is 4.79 Å². The summed E-state index contributed by atoms with van der Waals surface area (Å²) < 4.78 is 5.08. The standard InChI is InChI=1S/C14H18O2/c1-2-3-4-8-11-14(15)16-12-13-9-6-5-7-10-13/h5-11H,2-4,12H2,1H3/b11-8+. The first-order chi connectivity index (χ1) is 7.83. The molecular formula is C14H18O2. The number of ether oxygens (including phenoxy) is 1. The summed E-state index contributed by atoms with van der Waals surface area (Å²) in [5.74, 6) is -0.264. The van der Waals surface area contributed by atoms with Crippen molar-refractivity contribution in [2.24, 2.45) is 0 Å². The van der Waals surface area contributed by atoms with Crippen LogP contribution in [0.1, 0.15) is 31.7 Å². The van der Waals surface area contributed by atoms with Crippen LogP contribution in [0.5, 0.6) is 0 Å². The fourth-order valence-corrected chi connectivity index (χ4v) is 1.28. The molecule has 86 valence electrons. The second-order valence-corrected chi connectivity index (χ2v) is 3.64. The van der Waals surface area contributed by atoms with Crippen molar-refractivity contribution in [2.45, 2.75) is 32.8 Å². The van der Waals surface area contributed by atoms with Gasteiger partial charge in [-0.25, -0.2) is 4.79 Å². The van der Waals surface area contributed by atoms with Crippen LogP contribution in [0.3, 0.4) is 0 Å². The van der Waals surface area contributed by atoms with Crippen LogP contribution in [0.25, 0.3) is 0 Å². The normalized spacial score (nSPS) is 10.6. The zero-order valence-corrected chi connectivity index (χ0v) is 9.69. The van der Waals surface area contributed by atoms with Crippen LogP contribution in [0.4, 0.5) is 0 Å². The van der Waals surface area contributed by atoms with E-state index in [4.69, 9.17) is 4.74 Å². The van der Waals surface area contributed by atoms with E-state index >= 15 is 0 Å². The molecule has 0 bridgehead atoms. The van der Waals surface area contributed by atoms with Crippen LogP contribution in [0, 0.1) is 0 Å². The van der Waals surface area contributed by atoms with Gasteiger partial charge < -0.3 is 4.74 Å². The third-order valence-corrected chi connectivity index (χ3v) is 2.20. The first kappa shape index (κ1) is 12.5. The second-order valence-electron chi connectivity index (χ2n) is 3.64. The van der Waals surface area contributed by atoms with Gasteiger partial charge in [0.1, 0.15) is 6.61 Å². The molecule has 0 unspecified atom stereocenters. The molecule has 0 amide bonds. The summed E-state index contributed by atoms with van der Waals surface area (Å²) in [6, 6.07) is 9.68. The molecule has 16 heavy (non-hydrogen) atoms. The van der Waals surface area contributed by atoms with Gasteiger partial charge in [-0.05, 0) is 12.0 Å². The van der Waals surface area contributed by atoms with Gasteiger partial charge in [-0.3, -0.25) is 0 Å². The lowest BCUT2D eigenvalue weighted by atomic mass is 10.2. The maximum Gasteiger partial charge on any atom is 0.330 e. The van der Waals surface area contributed by atoms with Crippen molar-refractivity contribution in [1.82, 2.24) is 0 Å². The van der Waals surface area contributed by atoms with E-state index in [2.05, 4.69) is 6.92 Å². The highest BCUT2D eigenvalue weighted by Gasteiger charge is 1.97. The van der Waals surface area contributed by atoms with E-state index in [1.807, 2.05) is 36.4 Å². The molecular weight excluding hydrogens is 200 g/mol. The molecule has 1 aromatic carbocycles. The Morgan fingerprint density at radius 2 is 2.06 bits per heavy atom. The molecule has 0 radical (unpaired) electrons. The molecule has 0 aliphatic rings. The Morgan fingerprint density at radius 3 is 2.75 bits per heavy atom. The lowest BCUT2D eigenvalue weighted by Crippen LogP contribution is -2.00. The van der Waals surface area contributed by atoms with Gasteiger partial charge in [-0.1, -0.05) is 56.2 Å². The number of carbonyl (C=O) groups excluding carboxylic acids is 1. The van der Waals surface area contributed by atoms with E-state index in [-0.39, 0.29) is 5.97 Å². The maximum absolute atomic E-state index is 11.3. The lowest BCUT2D eigenvalue weighted by Gasteiger charge is -2.01. The number of hydrogen-bond donors (Lipinski definition) is 0. The minimum absolute atomic E-state index is 0.264. The van der Waals surface area contributed by atoms with Crippen LogP contribution in [-0.2, 0) is 16.1 Å². The van der Waals surface area contributed by atoms with Crippen molar-refractivity contribution >= 4 is 5.97 Å². The molecule has 0 saturated carbocycles. The van der Waals surface area contributed by atoms with E-state index in [0.29, 0.717) is 6.61 Å². The number of rotatable bonds is 6. The quantitative estimate of drug-likeness (QED) is 0.415.